The van der Waals surface area contributed by atoms with Gasteiger partial charge in [-0.1, -0.05) is 24.3 Å². The Kier molecular flexibility index (Phi) is 5.23. The van der Waals surface area contributed by atoms with Crippen LogP contribution in [0.2, 0.25) is 0 Å². The number of halogens is 3. The lowest BCUT2D eigenvalue weighted by molar-refractivity contribution is -0.137. The minimum absolute atomic E-state index is 0.584. The minimum Gasteiger partial charge on any atom is -0.299 e. The summed E-state index contributed by atoms with van der Waals surface area (Å²) in [6.45, 7) is 4.50. The summed E-state index contributed by atoms with van der Waals surface area (Å²) in [5.41, 5.74) is 3.18. The summed E-state index contributed by atoms with van der Waals surface area (Å²) in [6, 6.07) is 11.6. The first-order valence-corrected chi connectivity index (χ1v) is 8.43. The normalized spacial score (nSPS) is 15.9. The molecule has 0 saturated carbocycles. The Balaban J connectivity index is 1.61. The molecule has 0 aliphatic carbocycles. The minimum atomic E-state index is -4.29. The van der Waals surface area contributed by atoms with Gasteiger partial charge in [0.1, 0.15) is 0 Å². The predicted octanol–water partition coefficient (Wildman–Crippen LogP) is 4.74. The first-order valence-electron chi connectivity index (χ1n) is 8.43. The number of pyridine rings is 1. The van der Waals surface area contributed by atoms with E-state index in [1.54, 1.807) is 6.07 Å². The zero-order chi connectivity index (χ0) is 17.9. The molecule has 0 radical (unpaired) electrons. The molecule has 0 saturated heterocycles. The van der Waals surface area contributed by atoms with Crippen LogP contribution in [0.25, 0.3) is 5.57 Å². The highest BCUT2D eigenvalue weighted by Crippen LogP contribution is 2.32. The summed E-state index contributed by atoms with van der Waals surface area (Å²) >= 11 is 0. The second kappa shape index (κ2) is 7.40. The van der Waals surface area contributed by atoms with E-state index in [2.05, 4.69) is 9.88 Å². The van der Waals surface area contributed by atoms with Crippen molar-refractivity contribution in [3.8, 4) is 0 Å². The summed E-state index contributed by atoms with van der Waals surface area (Å²) in [5.74, 6) is 0. The summed E-state index contributed by atoms with van der Waals surface area (Å²) in [5, 5.41) is 0. The largest absolute Gasteiger partial charge is 0.416 e. The van der Waals surface area contributed by atoms with E-state index in [1.807, 2.05) is 31.2 Å². The zero-order valence-corrected chi connectivity index (χ0v) is 14.2. The van der Waals surface area contributed by atoms with Gasteiger partial charge >= 0.3 is 6.18 Å². The van der Waals surface area contributed by atoms with Crippen molar-refractivity contribution in [1.82, 2.24) is 9.88 Å². The molecule has 2 nitrogen and oxygen atoms in total. The van der Waals surface area contributed by atoms with Crippen LogP contribution in [-0.2, 0) is 12.6 Å². The molecule has 0 bridgehead atoms. The number of aromatic nitrogens is 1. The SMILES string of the molecule is Cc1cccc(CCN2CC=C(c3cccc(C(F)(F)F)c3)CC2)n1. The molecule has 25 heavy (non-hydrogen) atoms. The third-order valence-electron chi connectivity index (χ3n) is 4.48. The second-order valence-corrected chi connectivity index (χ2v) is 6.38. The first-order chi connectivity index (χ1) is 11.9. The number of nitrogens with zero attached hydrogens (tertiary/aromatic N) is 2. The topological polar surface area (TPSA) is 16.1 Å². The smallest absolute Gasteiger partial charge is 0.299 e. The van der Waals surface area contributed by atoms with Crippen molar-refractivity contribution in [3.05, 3.63) is 71.1 Å². The van der Waals surface area contributed by atoms with Crippen LogP contribution in [0.1, 0.15) is 28.9 Å². The molecule has 0 N–H and O–H groups in total. The molecule has 2 aromatic rings. The summed E-state index contributed by atoms with van der Waals surface area (Å²) in [7, 11) is 0. The van der Waals surface area contributed by atoms with Crippen LogP contribution in [0.3, 0.4) is 0 Å². The Labute approximate surface area is 146 Å². The number of benzene rings is 1. The van der Waals surface area contributed by atoms with Gasteiger partial charge in [-0.2, -0.15) is 13.2 Å². The lowest BCUT2D eigenvalue weighted by Gasteiger charge is -2.26. The predicted molar refractivity (Wildman–Crippen MR) is 93.2 cm³/mol. The highest BCUT2D eigenvalue weighted by molar-refractivity contribution is 5.67. The van der Waals surface area contributed by atoms with Gasteiger partial charge in [0.05, 0.1) is 5.56 Å². The van der Waals surface area contributed by atoms with Gasteiger partial charge < -0.3 is 0 Å². The number of aryl methyl sites for hydroxylation is 1. The van der Waals surface area contributed by atoms with Crippen molar-refractivity contribution in [3.63, 3.8) is 0 Å². The highest BCUT2D eigenvalue weighted by atomic mass is 19.4. The molecule has 132 valence electrons. The average Bonchev–Trinajstić information content (AvgIpc) is 2.60. The van der Waals surface area contributed by atoms with E-state index >= 15 is 0 Å². The highest BCUT2D eigenvalue weighted by Gasteiger charge is 2.30. The van der Waals surface area contributed by atoms with Crippen molar-refractivity contribution in [2.45, 2.75) is 25.9 Å². The fourth-order valence-electron chi connectivity index (χ4n) is 3.08. The van der Waals surface area contributed by atoms with Crippen LogP contribution < -0.4 is 0 Å². The Morgan fingerprint density at radius 1 is 1.12 bits per heavy atom. The lowest BCUT2D eigenvalue weighted by Crippen LogP contribution is -2.30. The maximum Gasteiger partial charge on any atom is 0.416 e. The molecule has 3 rings (SSSR count). The number of hydrogen-bond donors (Lipinski definition) is 0. The van der Waals surface area contributed by atoms with Gasteiger partial charge in [-0.05, 0) is 48.7 Å². The van der Waals surface area contributed by atoms with Gasteiger partial charge in [0, 0.05) is 37.4 Å². The Hall–Kier alpha value is -2.14. The fourth-order valence-corrected chi connectivity index (χ4v) is 3.08. The lowest BCUT2D eigenvalue weighted by atomic mass is 9.97. The standard InChI is InChI=1S/C20H21F3N2/c1-15-4-2-7-19(24-15)10-13-25-11-8-16(9-12-25)17-5-3-6-18(14-17)20(21,22)23/h2-8,14H,9-13H2,1H3. The van der Waals surface area contributed by atoms with Crippen LogP contribution in [0.5, 0.6) is 0 Å². The Morgan fingerprint density at radius 3 is 2.60 bits per heavy atom. The number of alkyl halides is 3. The van der Waals surface area contributed by atoms with E-state index in [0.29, 0.717) is 5.56 Å². The van der Waals surface area contributed by atoms with Crippen LogP contribution in [-0.4, -0.2) is 29.5 Å². The van der Waals surface area contributed by atoms with Crippen molar-refractivity contribution >= 4 is 5.57 Å². The fraction of sp³-hybridized carbons (Fsp3) is 0.350. The molecule has 0 amide bonds. The molecular weight excluding hydrogens is 325 g/mol. The van der Waals surface area contributed by atoms with E-state index in [4.69, 9.17) is 0 Å². The van der Waals surface area contributed by atoms with Gasteiger partial charge in [-0.3, -0.25) is 9.88 Å². The van der Waals surface area contributed by atoms with Crippen molar-refractivity contribution in [2.75, 3.05) is 19.6 Å². The van der Waals surface area contributed by atoms with Crippen LogP contribution >= 0.6 is 0 Å². The van der Waals surface area contributed by atoms with Gasteiger partial charge in [0.25, 0.3) is 0 Å². The molecule has 1 aromatic heterocycles. The number of rotatable bonds is 4. The summed E-state index contributed by atoms with van der Waals surface area (Å²) in [6.07, 6.45) is -0.599. The molecule has 2 heterocycles. The summed E-state index contributed by atoms with van der Waals surface area (Å²) in [4.78, 5) is 6.81. The van der Waals surface area contributed by atoms with Gasteiger partial charge in [-0.15, -0.1) is 0 Å². The molecule has 0 fully saturated rings. The van der Waals surface area contributed by atoms with Crippen LogP contribution in [0.4, 0.5) is 13.2 Å². The third kappa shape index (κ3) is 4.69. The quantitative estimate of drug-likeness (QED) is 0.795. The molecule has 1 aliphatic rings. The maximum atomic E-state index is 12.9. The van der Waals surface area contributed by atoms with Crippen molar-refractivity contribution < 1.29 is 13.2 Å². The monoisotopic (exact) mass is 346 g/mol. The molecular formula is C20H21F3N2. The molecule has 0 unspecified atom stereocenters. The third-order valence-corrected chi connectivity index (χ3v) is 4.48. The Bertz CT molecular complexity index is 766. The van der Waals surface area contributed by atoms with E-state index in [0.717, 1.165) is 55.5 Å². The Morgan fingerprint density at radius 2 is 1.92 bits per heavy atom. The molecule has 1 aromatic carbocycles. The molecule has 1 aliphatic heterocycles. The average molecular weight is 346 g/mol. The molecule has 5 heteroatoms. The summed E-state index contributed by atoms with van der Waals surface area (Å²) < 4.78 is 38.6. The number of hydrogen-bond acceptors (Lipinski definition) is 2. The van der Waals surface area contributed by atoms with Gasteiger partial charge in [0.2, 0.25) is 0 Å². The zero-order valence-electron chi connectivity index (χ0n) is 14.2. The first kappa shape index (κ1) is 17.7. The van der Waals surface area contributed by atoms with Crippen LogP contribution in [0, 0.1) is 6.92 Å². The van der Waals surface area contributed by atoms with E-state index < -0.39 is 11.7 Å². The molecule has 0 spiro atoms. The van der Waals surface area contributed by atoms with Gasteiger partial charge in [-0.25, -0.2) is 0 Å². The van der Waals surface area contributed by atoms with E-state index in [1.165, 1.54) is 12.1 Å². The van der Waals surface area contributed by atoms with Crippen molar-refractivity contribution in [1.29, 1.82) is 0 Å². The second-order valence-electron chi connectivity index (χ2n) is 6.38. The van der Waals surface area contributed by atoms with E-state index in [-0.39, 0.29) is 0 Å². The van der Waals surface area contributed by atoms with Crippen LogP contribution in [0.15, 0.2) is 48.5 Å². The van der Waals surface area contributed by atoms with E-state index in [9.17, 15) is 13.2 Å². The van der Waals surface area contributed by atoms with Crippen molar-refractivity contribution in [2.24, 2.45) is 0 Å². The maximum absolute atomic E-state index is 12.9. The van der Waals surface area contributed by atoms with Gasteiger partial charge in [0.15, 0.2) is 0 Å². The molecule has 0 atom stereocenters.